The van der Waals surface area contributed by atoms with Crippen LogP contribution >= 0.6 is 11.8 Å². The minimum absolute atomic E-state index is 0.188. The first kappa shape index (κ1) is 20.0. The molecule has 0 fully saturated rings. The average molecular weight is 423 g/mol. The summed E-state index contributed by atoms with van der Waals surface area (Å²) in [6.07, 6.45) is 0. The van der Waals surface area contributed by atoms with Crippen LogP contribution in [-0.4, -0.2) is 45.0 Å². The predicted octanol–water partition coefficient (Wildman–Crippen LogP) is 3.72. The number of carbonyl (C=O) groups is 1. The lowest BCUT2D eigenvalue weighted by Crippen LogP contribution is -2.23. The summed E-state index contributed by atoms with van der Waals surface area (Å²) in [6, 6.07) is 13.0. The highest BCUT2D eigenvalue weighted by Gasteiger charge is 2.21. The van der Waals surface area contributed by atoms with Gasteiger partial charge in [-0.05, 0) is 38.1 Å². The van der Waals surface area contributed by atoms with Gasteiger partial charge in [0, 0.05) is 11.5 Å². The van der Waals surface area contributed by atoms with Gasteiger partial charge in [0.2, 0.25) is 5.91 Å². The van der Waals surface area contributed by atoms with Crippen LogP contribution in [-0.2, 0) is 4.79 Å². The zero-order valence-corrected chi connectivity index (χ0v) is 17.9. The van der Waals surface area contributed by atoms with E-state index in [0.717, 1.165) is 16.6 Å². The Bertz CT molecular complexity index is 1240. The van der Waals surface area contributed by atoms with Gasteiger partial charge in [-0.1, -0.05) is 23.9 Å². The molecule has 1 unspecified atom stereocenters. The van der Waals surface area contributed by atoms with E-state index in [-0.39, 0.29) is 5.91 Å². The van der Waals surface area contributed by atoms with E-state index in [9.17, 15) is 4.79 Å². The van der Waals surface area contributed by atoms with Crippen LogP contribution in [0, 0.1) is 6.92 Å². The Kier molecular flexibility index (Phi) is 5.45. The van der Waals surface area contributed by atoms with Gasteiger partial charge in [0.1, 0.15) is 17.3 Å². The van der Waals surface area contributed by atoms with E-state index in [2.05, 4.69) is 15.4 Å². The van der Waals surface area contributed by atoms with Gasteiger partial charge < -0.3 is 14.8 Å². The summed E-state index contributed by atoms with van der Waals surface area (Å²) < 4.78 is 12.3. The van der Waals surface area contributed by atoms with Crippen molar-refractivity contribution in [2.24, 2.45) is 0 Å². The number of amides is 1. The second kappa shape index (κ2) is 8.19. The molecule has 0 saturated heterocycles. The number of thioether (sulfide) groups is 1. The third-order valence-electron chi connectivity index (χ3n) is 4.57. The molecule has 1 atom stereocenters. The minimum Gasteiger partial charge on any atom is -0.497 e. The van der Waals surface area contributed by atoms with Gasteiger partial charge in [0.15, 0.2) is 10.8 Å². The van der Waals surface area contributed by atoms with Crippen molar-refractivity contribution in [2.45, 2.75) is 24.3 Å². The van der Waals surface area contributed by atoms with E-state index in [1.807, 2.05) is 38.1 Å². The third-order valence-corrected chi connectivity index (χ3v) is 5.61. The Morgan fingerprint density at radius 3 is 2.70 bits per heavy atom. The van der Waals surface area contributed by atoms with Crippen LogP contribution in [0.5, 0.6) is 11.5 Å². The van der Waals surface area contributed by atoms with E-state index in [1.165, 1.54) is 11.8 Å². The number of aryl methyl sites for hydroxylation is 1. The number of methoxy groups -OCH3 is 2. The van der Waals surface area contributed by atoms with E-state index < -0.39 is 5.25 Å². The molecule has 2 heterocycles. The van der Waals surface area contributed by atoms with Crippen molar-refractivity contribution in [3.63, 3.8) is 0 Å². The molecule has 30 heavy (non-hydrogen) atoms. The summed E-state index contributed by atoms with van der Waals surface area (Å²) in [6.45, 7) is 3.65. The SMILES string of the molecule is COc1ccc(OC)c(NC(=O)C(C)Sc2nc3ccccc3c3nc(C)nn23)c1. The fraction of sp³-hybridized carbons (Fsp3) is 0.238. The van der Waals surface area contributed by atoms with Crippen LogP contribution < -0.4 is 14.8 Å². The monoisotopic (exact) mass is 423 g/mol. The molecule has 0 spiro atoms. The zero-order valence-electron chi connectivity index (χ0n) is 17.0. The smallest absolute Gasteiger partial charge is 0.237 e. The molecule has 0 aliphatic heterocycles. The van der Waals surface area contributed by atoms with Crippen LogP contribution in [0.4, 0.5) is 5.69 Å². The molecule has 1 amide bonds. The van der Waals surface area contributed by atoms with Crippen LogP contribution in [0.15, 0.2) is 47.6 Å². The lowest BCUT2D eigenvalue weighted by molar-refractivity contribution is -0.115. The molecule has 2 aromatic carbocycles. The highest BCUT2D eigenvalue weighted by atomic mass is 32.2. The van der Waals surface area contributed by atoms with Crippen molar-refractivity contribution in [1.82, 2.24) is 19.6 Å². The summed E-state index contributed by atoms with van der Waals surface area (Å²) in [5.74, 6) is 1.64. The van der Waals surface area contributed by atoms with Crippen molar-refractivity contribution in [3.8, 4) is 11.5 Å². The normalized spacial score (nSPS) is 12.1. The second-order valence-electron chi connectivity index (χ2n) is 6.62. The largest absolute Gasteiger partial charge is 0.497 e. The number of nitrogens with one attached hydrogen (secondary N) is 1. The fourth-order valence-electron chi connectivity index (χ4n) is 3.07. The minimum atomic E-state index is -0.442. The van der Waals surface area contributed by atoms with Gasteiger partial charge in [0.25, 0.3) is 0 Å². The van der Waals surface area contributed by atoms with Crippen LogP contribution in [0.1, 0.15) is 12.7 Å². The van der Waals surface area contributed by atoms with Gasteiger partial charge in [0.05, 0.1) is 30.7 Å². The topological polar surface area (TPSA) is 90.6 Å². The molecule has 9 heteroatoms. The molecule has 8 nitrogen and oxygen atoms in total. The van der Waals surface area contributed by atoms with E-state index in [4.69, 9.17) is 14.5 Å². The molecule has 0 radical (unpaired) electrons. The van der Waals surface area contributed by atoms with Gasteiger partial charge in [-0.3, -0.25) is 4.79 Å². The number of nitrogens with zero attached hydrogens (tertiary/aromatic N) is 4. The Morgan fingerprint density at radius 2 is 1.93 bits per heavy atom. The number of hydrogen-bond acceptors (Lipinski definition) is 7. The summed E-state index contributed by atoms with van der Waals surface area (Å²) in [4.78, 5) is 22.1. The van der Waals surface area contributed by atoms with Crippen LogP contribution in [0.3, 0.4) is 0 Å². The Morgan fingerprint density at radius 1 is 1.13 bits per heavy atom. The number of rotatable bonds is 6. The zero-order chi connectivity index (χ0) is 21.3. The van der Waals surface area contributed by atoms with Crippen molar-refractivity contribution < 1.29 is 14.3 Å². The van der Waals surface area contributed by atoms with Gasteiger partial charge >= 0.3 is 0 Å². The number of hydrogen-bond donors (Lipinski definition) is 1. The molecule has 0 saturated carbocycles. The Hall–Kier alpha value is -3.33. The van der Waals surface area contributed by atoms with Gasteiger partial charge in [-0.15, -0.1) is 5.10 Å². The Labute approximate surface area is 177 Å². The second-order valence-corrected chi connectivity index (χ2v) is 7.93. The average Bonchev–Trinajstić information content (AvgIpc) is 3.15. The summed E-state index contributed by atoms with van der Waals surface area (Å²) in [5.41, 5.74) is 2.08. The number of ether oxygens (including phenoxy) is 2. The molecule has 1 N–H and O–H groups in total. The van der Waals surface area contributed by atoms with Gasteiger partial charge in [-0.25, -0.2) is 9.97 Å². The molecule has 154 valence electrons. The van der Waals surface area contributed by atoms with Crippen LogP contribution in [0.25, 0.3) is 16.6 Å². The van der Waals surface area contributed by atoms with Crippen molar-refractivity contribution in [3.05, 3.63) is 48.3 Å². The lowest BCUT2D eigenvalue weighted by Gasteiger charge is -2.15. The molecular formula is C21H21N5O3S. The molecule has 0 bridgehead atoms. The summed E-state index contributed by atoms with van der Waals surface area (Å²) in [7, 11) is 3.13. The van der Waals surface area contributed by atoms with Crippen molar-refractivity contribution >= 4 is 39.9 Å². The third kappa shape index (κ3) is 3.76. The number of benzene rings is 2. The molecule has 0 aliphatic carbocycles. The number of para-hydroxylation sites is 1. The standard InChI is InChI=1S/C21H21N5O3S/c1-12(20(27)23-17-11-14(28-3)9-10-18(17)29-4)30-21-24-16-8-6-5-7-15(16)19-22-13(2)25-26(19)21/h5-12H,1-4H3,(H,23,27). The molecule has 2 aromatic heterocycles. The predicted molar refractivity (Wildman–Crippen MR) is 117 cm³/mol. The maximum absolute atomic E-state index is 12.9. The lowest BCUT2D eigenvalue weighted by atomic mass is 10.2. The number of anilines is 1. The summed E-state index contributed by atoms with van der Waals surface area (Å²) >= 11 is 1.32. The first-order valence-electron chi connectivity index (χ1n) is 9.32. The molecular weight excluding hydrogens is 402 g/mol. The van der Waals surface area contributed by atoms with Crippen molar-refractivity contribution in [1.29, 1.82) is 0 Å². The first-order chi connectivity index (χ1) is 14.5. The Balaban J connectivity index is 1.63. The van der Waals surface area contributed by atoms with Crippen LogP contribution in [0.2, 0.25) is 0 Å². The fourth-order valence-corrected chi connectivity index (χ4v) is 3.93. The van der Waals surface area contributed by atoms with E-state index in [0.29, 0.717) is 28.2 Å². The maximum Gasteiger partial charge on any atom is 0.237 e. The van der Waals surface area contributed by atoms with Crippen molar-refractivity contribution in [2.75, 3.05) is 19.5 Å². The number of carbonyl (C=O) groups excluding carboxylic acids is 1. The number of aromatic nitrogens is 4. The highest BCUT2D eigenvalue weighted by Crippen LogP contribution is 2.31. The maximum atomic E-state index is 12.9. The van der Waals surface area contributed by atoms with E-state index in [1.54, 1.807) is 36.9 Å². The van der Waals surface area contributed by atoms with E-state index >= 15 is 0 Å². The summed E-state index contributed by atoms with van der Waals surface area (Å²) in [5, 5.41) is 8.45. The first-order valence-corrected chi connectivity index (χ1v) is 10.2. The quantitative estimate of drug-likeness (QED) is 0.373. The molecule has 4 aromatic rings. The van der Waals surface area contributed by atoms with Gasteiger partial charge in [-0.2, -0.15) is 4.52 Å². The highest BCUT2D eigenvalue weighted by molar-refractivity contribution is 8.00. The number of fused-ring (bicyclic) bond motifs is 3. The molecule has 0 aliphatic rings. The molecule has 4 rings (SSSR count).